The molecule has 0 amide bonds. The van der Waals surface area contributed by atoms with Gasteiger partial charge in [-0.15, -0.1) is 0 Å². The van der Waals surface area contributed by atoms with E-state index >= 15 is 0 Å². The van der Waals surface area contributed by atoms with E-state index in [0.29, 0.717) is 6.04 Å². The molecule has 1 N–H and O–H groups in total. The lowest BCUT2D eigenvalue weighted by Crippen LogP contribution is -2.42. The summed E-state index contributed by atoms with van der Waals surface area (Å²) in [6.45, 7) is 12.4. The van der Waals surface area contributed by atoms with Crippen molar-refractivity contribution < 1.29 is 0 Å². The molecule has 2 atom stereocenters. The number of nitrogens with zero attached hydrogens (tertiary/aromatic N) is 2. The van der Waals surface area contributed by atoms with Gasteiger partial charge in [0.2, 0.25) is 0 Å². The minimum Gasteiger partial charge on any atom is -0.303 e. The summed E-state index contributed by atoms with van der Waals surface area (Å²) in [6, 6.07) is 3.08. The Morgan fingerprint density at radius 3 is 2.55 bits per heavy atom. The molecule has 0 radical (unpaired) electrons. The van der Waals surface area contributed by atoms with Crippen LogP contribution in [0.5, 0.6) is 0 Å². The standard InChI is InChI=1S/C17H33N3/c1-5-15(3)13-20(6-2)12-8-7-11-17(4,14-18)19-16-9-10-16/h15-16,19H,5-13H2,1-4H3. The molecule has 0 heterocycles. The van der Waals surface area contributed by atoms with Gasteiger partial charge in [0, 0.05) is 12.6 Å². The van der Waals surface area contributed by atoms with Gasteiger partial charge in [0.25, 0.3) is 0 Å². The fraction of sp³-hybridized carbons (Fsp3) is 0.941. The van der Waals surface area contributed by atoms with E-state index in [0.717, 1.165) is 25.3 Å². The highest BCUT2D eigenvalue weighted by Gasteiger charge is 2.31. The van der Waals surface area contributed by atoms with Crippen LogP contribution in [-0.4, -0.2) is 36.1 Å². The molecule has 0 aromatic heterocycles. The highest BCUT2D eigenvalue weighted by atomic mass is 15.1. The van der Waals surface area contributed by atoms with Crippen LogP contribution >= 0.6 is 0 Å². The second-order valence-corrected chi connectivity index (χ2v) is 6.73. The zero-order valence-electron chi connectivity index (χ0n) is 13.9. The topological polar surface area (TPSA) is 39.1 Å². The molecule has 1 saturated carbocycles. The van der Waals surface area contributed by atoms with E-state index in [9.17, 15) is 5.26 Å². The average molecular weight is 279 g/mol. The monoisotopic (exact) mass is 279 g/mol. The minimum absolute atomic E-state index is 0.311. The molecule has 20 heavy (non-hydrogen) atoms. The first kappa shape index (κ1) is 17.5. The highest BCUT2D eigenvalue weighted by Crippen LogP contribution is 2.24. The predicted molar refractivity (Wildman–Crippen MR) is 85.6 cm³/mol. The molecule has 1 aliphatic carbocycles. The van der Waals surface area contributed by atoms with Crippen molar-refractivity contribution in [3.63, 3.8) is 0 Å². The van der Waals surface area contributed by atoms with Gasteiger partial charge >= 0.3 is 0 Å². The molecular formula is C17H33N3. The normalized spacial score (nSPS) is 19.6. The van der Waals surface area contributed by atoms with Crippen molar-refractivity contribution >= 4 is 0 Å². The summed E-state index contributed by atoms with van der Waals surface area (Å²) in [4.78, 5) is 2.55. The van der Waals surface area contributed by atoms with E-state index in [1.807, 2.05) is 0 Å². The first-order valence-corrected chi connectivity index (χ1v) is 8.44. The predicted octanol–water partition coefficient (Wildman–Crippen LogP) is 3.56. The van der Waals surface area contributed by atoms with Gasteiger partial charge in [-0.25, -0.2) is 0 Å². The number of nitrogens with one attached hydrogen (secondary N) is 1. The quantitative estimate of drug-likeness (QED) is 0.588. The molecule has 0 bridgehead atoms. The number of hydrogen-bond acceptors (Lipinski definition) is 3. The van der Waals surface area contributed by atoms with Crippen molar-refractivity contribution in [2.45, 2.75) is 77.8 Å². The molecule has 116 valence electrons. The zero-order chi connectivity index (χ0) is 15.0. The Morgan fingerprint density at radius 1 is 1.35 bits per heavy atom. The van der Waals surface area contributed by atoms with E-state index < -0.39 is 0 Å². The van der Waals surface area contributed by atoms with Crippen LogP contribution in [0.1, 0.15) is 66.2 Å². The first-order chi connectivity index (χ1) is 9.53. The lowest BCUT2D eigenvalue weighted by molar-refractivity contribution is 0.238. The molecule has 0 saturated heterocycles. The number of unbranched alkanes of at least 4 members (excludes halogenated alkanes) is 1. The Hall–Kier alpha value is -0.590. The van der Waals surface area contributed by atoms with Crippen LogP contribution in [-0.2, 0) is 0 Å². The molecule has 1 aliphatic rings. The van der Waals surface area contributed by atoms with E-state index in [1.54, 1.807) is 0 Å². The zero-order valence-corrected chi connectivity index (χ0v) is 13.9. The summed E-state index contributed by atoms with van der Waals surface area (Å²) < 4.78 is 0. The molecule has 0 aromatic rings. The minimum atomic E-state index is -0.311. The Labute approximate surface area is 125 Å². The molecule has 3 heteroatoms. The van der Waals surface area contributed by atoms with Gasteiger partial charge in [0.1, 0.15) is 5.54 Å². The third-order valence-electron chi connectivity index (χ3n) is 4.46. The van der Waals surface area contributed by atoms with Gasteiger partial charge in [0.05, 0.1) is 6.07 Å². The van der Waals surface area contributed by atoms with E-state index in [1.165, 1.54) is 38.8 Å². The van der Waals surface area contributed by atoms with Crippen LogP contribution in [0.2, 0.25) is 0 Å². The summed E-state index contributed by atoms with van der Waals surface area (Å²) in [6.07, 6.45) is 7.06. The second kappa shape index (κ2) is 8.64. The van der Waals surface area contributed by atoms with Crippen LogP contribution in [0.3, 0.4) is 0 Å². The molecule has 0 aromatic carbocycles. The summed E-state index contributed by atoms with van der Waals surface area (Å²) >= 11 is 0. The summed E-state index contributed by atoms with van der Waals surface area (Å²) in [5, 5.41) is 12.8. The maximum atomic E-state index is 9.34. The van der Waals surface area contributed by atoms with E-state index in [4.69, 9.17) is 0 Å². The SMILES string of the molecule is CCC(C)CN(CC)CCCCC(C)(C#N)NC1CC1. The third-order valence-corrected chi connectivity index (χ3v) is 4.46. The third kappa shape index (κ3) is 6.72. The summed E-state index contributed by atoms with van der Waals surface area (Å²) in [5.41, 5.74) is -0.311. The van der Waals surface area contributed by atoms with Gasteiger partial charge in [0.15, 0.2) is 0 Å². The summed E-state index contributed by atoms with van der Waals surface area (Å²) in [5.74, 6) is 0.788. The maximum Gasteiger partial charge on any atom is 0.104 e. The molecule has 0 spiro atoms. The molecule has 0 aliphatic heterocycles. The van der Waals surface area contributed by atoms with Crippen molar-refractivity contribution in [2.75, 3.05) is 19.6 Å². The Bertz CT molecular complexity index is 306. The molecule has 1 rings (SSSR count). The lowest BCUT2D eigenvalue weighted by atomic mass is 9.96. The van der Waals surface area contributed by atoms with Crippen LogP contribution < -0.4 is 5.32 Å². The van der Waals surface area contributed by atoms with Crippen LogP contribution in [0, 0.1) is 17.2 Å². The molecular weight excluding hydrogens is 246 g/mol. The van der Waals surface area contributed by atoms with E-state index in [-0.39, 0.29) is 5.54 Å². The fourth-order valence-electron chi connectivity index (χ4n) is 2.60. The smallest absolute Gasteiger partial charge is 0.104 e. The Morgan fingerprint density at radius 2 is 2.05 bits per heavy atom. The van der Waals surface area contributed by atoms with E-state index in [2.05, 4.69) is 44.0 Å². The van der Waals surface area contributed by atoms with Crippen molar-refractivity contribution in [3.8, 4) is 6.07 Å². The van der Waals surface area contributed by atoms with Crippen LogP contribution in [0.25, 0.3) is 0 Å². The Balaban J connectivity index is 2.19. The van der Waals surface area contributed by atoms with Crippen LogP contribution in [0.15, 0.2) is 0 Å². The van der Waals surface area contributed by atoms with Gasteiger partial charge in [-0.1, -0.05) is 27.2 Å². The maximum absolute atomic E-state index is 9.34. The largest absolute Gasteiger partial charge is 0.303 e. The first-order valence-electron chi connectivity index (χ1n) is 8.44. The van der Waals surface area contributed by atoms with Crippen LogP contribution in [0.4, 0.5) is 0 Å². The second-order valence-electron chi connectivity index (χ2n) is 6.73. The van der Waals surface area contributed by atoms with Crippen molar-refractivity contribution in [3.05, 3.63) is 0 Å². The van der Waals surface area contributed by atoms with Gasteiger partial charge < -0.3 is 4.90 Å². The number of nitriles is 1. The van der Waals surface area contributed by atoms with Gasteiger partial charge in [-0.05, 0) is 58.0 Å². The Kier molecular flexibility index (Phi) is 7.55. The summed E-state index contributed by atoms with van der Waals surface area (Å²) in [7, 11) is 0. The molecule has 1 fully saturated rings. The average Bonchev–Trinajstić information content (AvgIpc) is 3.25. The highest BCUT2D eigenvalue weighted by molar-refractivity contribution is 5.06. The molecule has 2 unspecified atom stereocenters. The van der Waals surface area contributed by atoms with Crippen molar-refractivity contribution in [2.24, 2.45) is 5.92 Å². The number of rotatable bonds is 11. The fourth-order valence-corrected chi connectivity index (χ4v) is 2.60. The van der Waals surface area contributed by atoms with Gasteiger partial charge in [-0.3, -0.25) is 5.32 Å². The van der Waals surface area contributed by atoms with Gasteiger partial charge in [-0.2, -0.15) is 5.26 Å². The van der Waals surface area contributed by atoms with Crippen molar-refractivity contribution in [1.29, 1.82) is 5.26 Å². The number of hydrogen-bond donors (Lipinski definition) is 1. The molecule has 3 nitrogen and oxygen atoms in total. The lowest BCUT2D eigenvalue weighted by Gasteiger charge is -2.26. The van der Waals surface area contributed by atoms with Crippen molar-refractivity contribution in [1.82, 2.24) is 10.2 Å².